The predicted molar refractivity (Wildman–Crippen MR) is 309 cm³/mol. The van der Waals surface area contributed by atoms with Crippen LogP contribution in [0.25, 0.3) is 0 Å². The number of carbonyl (C=O) groups is 8. The van der Waals surface area contributed by atoms with E-state index in [9.17, 15) is 38.4 Å². The number of imide groups is 2. The van der Waals surface area contributed by atoms with Crippen LogP contribution in [0.2, 0.25) is 0 Å². The van der Waals surface area contributed by atoms with Gasteiger partial charge in [0, 0.05) is 62.0 Å². The molecule has 2 aliphatic carbocycles. The molecule has 10 amide bonds. The summed E-state index contributed by atoms with van der Waals surface area (Å²) in [5.41, 5.74) is 3.86. The number of fused-ring (bicyclic) bond motifs is 4. The molecule has 0 radical (unpaired) electrons. The number of hydrogen-bond acceptors (Lipinski definition) is 8. The summed E-state index contributed by atoms with van der Waals surface area (Å²) >= 11 is 0. The average molecular weight is 1070 g/mol. The molecule has 6 aliphatic rings. The van der Waals surface area contributed by atoms with Crippen LogP contribution in [0.15, 0.2) is 97.1 Å². The Kier molecular flexibility index (Phi) is 19.5. The number of para-hydroxylation sites is 2. The molecule has 2 spiro atoms. The third kappa shape index (κ3) is 12.0. The molecule has 16 heteroatoms. The Balaban J connectivity index is 0.000000221. The van der Waals surface area contributed by atoms with E-state index in [2.05, 4.69) is 51.8 Å². The minimum Gasteiger partial charge on any atom is -0.357 e. The number of benzene rings is 4. The highest BCUT2D eigenvalue weighted by atomic mass is 16.2. The van der Waals surface area contributed by atoms with Crippen molar-refractivity contribution in [2.45, 2.75) is 165 Å². The van der Waals surface area contributed by atoms with Crippen molar-refractivity contribution in [1.82, 2.24) is 31.9 Å². The zero-order valence-corrected chi connectivity index (χ0v) is 48.1. The van der Waals surface area contributed by atoms with Gasteiger partial charge in [0.15, 0.2) is 0 Å². The van der Waals surface area contributed by atoms with Gasteiger partial charge in [-0.1, -0.05) is 162 Å². The highest BCUT2D eigenvalue weighted by Gasteiger charge is 2.54. The number of urea groups is 2. The lowest BCUT2D eigenvalue weighted by atomic mass is 9.65. The highest BCUT2D eigenvalue weighted by Crippen LogP contribution is 2.49. The van der Waals surface area contributed by atoms with Crippen molar-refractivity contribution in [3.05, 3.63) is 130 Å². The maximum atomic E-state index is 13.5. The molecule has 4 aromatic rings. The Morgan fingerprint density at radius 2 is 0.756 bits per heavy atom. The van der Waals surface area contributed by atoms with Crippen LogP contribution in [-0.4, -0.2) is 83.8 Å². The van der Waals surface area contributed by atoms with Gasteiger partial charge in [-0.3, -0.25) is 49.2 Å². The Morgan fingerprint density at radius 1 is 0.462 bits per heavy atom. The van der Waals surface area contributed by atoms with E-state index >= 15 is 0 Å². The molecule has 0 atom stereocenters. The summed E-state index contributed by atoms with van der Waals surface area (Å²) < 4.78 is 0. The first kappa shape index (κ1) is 63.2. The molecule has 2 saturated heterocycles. The van der Waals surface area contributed by atoms with Crippen molar-refractivity contribution in [2.24, 2.45) is 16.2 Å². The minimum atomic E-state index is -0.959. The van der Waals surface area contributed by atoms with Crippen molar-refractivity contribution in [1.29, 1.82) is 0 Å². The van der Waals surface area contributed by atoms with Crippen LogP contribution in [0.4, 0.5) is 21.0 Å². The Bertz CT molecular complexity index is 2780. The van der Waals surface area contributed by atoms with E-state index in [1.165, 1.54) is 0 Å². The fraction of sp³-hybridized carbons (Fsp3) is 0.484. The Hall–Kier alpha value is -7.36. The van der Waals surface area contributed by atoms with Gasteiger partial charge in [-0.15, -0.1) is 0 Å². The SMILES string of the molecule is C.CC.CC.CNC(=O)C(C)(C)N1C(=O)C(C)(C)C(C)(C)Cc2ccccc21.CNC(=O)C(C)(C)N1C(=O)C(C)(C)Cc2ccccc21.O=C1NC(=O)C2(Cc3ccccc3C2)N1.O=C1NC(=O)C2(Cc3ccccc3C2)N1. The fourth-order valence-corrected chi connectivity index (χ4v) is 10.8. The summed E-state index contributed by atoms with van der Waals surface area (Å²) in [7, 11) is 3.20. The largest absolute Gasteiger partial charge is 0.357 e. The first-order chi connectivity index (χ1) is 36.1. The van der Waals surface area contributed by atoms with Gasteiger partial charge >= 0.3 is 12.1 Å². The molecule has 4 aliphatic heterocycles. The fourth-order valence-electron chi connectivity index (χ4n) is 10.8. The molecule has 2 fully saturated rings. The average Bonchev–Trinajstić information content (AvgIpc) is 4.21. The smallest absolute Gasteiger partial charge is 0.322 e. The van der Waals surface area contributed by atoms with Crippen LogP contribution < -0.4 is 41.7 Å². The van der Waals surface area contributed by atoms with E-state index in [0.717, 1.165) is 51.2 Å². The lowest BCUT2D eigenvalue weighted by Gasteiger charge is -2.45. The lowest BCUT2D eigenvalue weighted by Crippen LogP contribution is -2.61. The van der Waals surface area contributed by atoms with Crippen molar-refractivity contribution in [2.75, 3.05) is 23.9 Å². The number of nitrogens with one attached hydrogen (secondary N) is 6. The zero-order valence-electron chi connectivity index (χ0n) is 48.1. The maximum absolute atomic E-state index is 13.5. The van der Waals surface area contributed by atoms with Gasteiger partial charge in [0.1, 0.15) is 22.2 Å². The van der Waals surface area contributed by atoms with Gasteiger partial charge in [-0.05, 0) is 91.5 Å². The van der Waals surface area contributed by atoms with Crippen LogP contribution in [-0.2, 0) is 67.3 Å². The quantitative estimate of drug-likeness (QED) is 0.109. The van der Waals surface area contributed by atoms with Crippen LogP contribution in [0.1, 0.15) is 138 Å². The molecule has 10 rings (SSSR count). The second-order valence-electron chi connectivity index (χ2n) is 22.8. The normalized spacial score (nSPS) is 18.7. The second-order valence-corrected chi connectivity index (χ2v) is 22.8. The predicted octanol–water partition coefficient (Wildman–Crippen LogP) is 8.69. The molecule has 422 valence electrons. The molecule has 0 aromatic heterocycles. The molecule has 0 bridgehead atoms. The molecular weight excluding hydrogens is 985 g/mol. The number of anilines is 2. The van der Waals surface area contributed by atoms with Crippen LogP contribution >= 0.6 is 0 Å². The van der Waals surface area contributed by atoms with Gasteiger partial charge in [0.05, 0.1) is 0 Å². The summed E-state index contributed by atoms with van der Waals surface area (Å²) in [6, 6.07) is 30.8. The van der Waals surface area contributed by atoms with E-state index in [-0.39, 0.29) is 60.3 Å². The van der Waals surface area contributed by atoms with Crippen molar-refractivity contribution in [3.63, 3.8) is 0 Å². The third-order valence-corrected chi connectivity index (χ3v) is 15.9. The number of likely N-dealkylation sites (N-methyl/N-ethyl adjacent to an activating group) is 2. The molecule has 16 nitrogen and oxygen atoms in total. The number of nitrogens with zero attached hydrogens (tertiary/aromatic N) is 2. The number of rotatable bonds is 4. The standard InChI is InChI=1S/C19H28N2O2.C16H22N2O2.2C11H10N2O2.2C2H6.CH4/c1-17(2)12-13-10-8-9-11-14(13)21(16(23)18(17,3)4)19(5,6)15(22)20-7;1-15(2)10-11-8-6-7-9-12(11)18(14(15)20)16(3,4)13(19)17-5;2*14-9-11(13-10(15)12-9)5-7-3-1-2-4-8(7)6-11;2*1-2;/h8-11H,12H2,1-7H3,(H,20,22);6-9H,10H2,1-5H3,(H,17,19);2*1-4H,5-6H2,(H2,12,13,14,15);2*1-2H3;1H4. The summed E-state index contributed by atoms with van der Waals surface area (Å²) in [5.74, 6) is -0.771. The van der Waals surface area contributed by atoms with Crippen LogP contribution in [0.5, 0.6) is 0 Å². The number of amides is 10. The molecule has 78 heavy (non-hydrogen) atoms. The third-order valence-electron chi connectivity index (χ3n) is 15.9. The van der Waals surface area contributed by atoms with Crippen molar-refractivity contribution in [3.8, 4) is 0 Å². The molecule has 4 aromatic carbocycles. The Labute approximate surface area is 463 Å². The highest BCUT2D eigenvalue weighted by molar-refractivity contribution is 6.10. The zero-order chi connectivity index (χ0) is 57.7. The van der Waals surface area contributed by atoms with Crippen molar-refractivity contribution >= 4 is 58.9 Å². The van der Waals surface area contributed by atoms with Crippen LogP contribution in [0.3, 0.4) is 0 Å². The summed E-state index contributed by atoms with van der Waals surface area (Å²) in [4.78, 5) is 99.9. The minimum absolute atomic E-state index is 0. The first-order valence-corrected chi connectivity index (χ1v) is 26.8. The van der Waals surface area contributed by atoms with E-state index in [1.807, 2.05) is 146 Å². The number of carbonyl (C=O) groups excluding carboxylic acids is 8. The van der Waals surface area contributed by atoms with Gasteiger partial charge < -0.3 is 21.3 Å². The van der Waals surface area contributed by atoms with E-state index < -0.39 is 33.0 Å². The Morgan fingerprint density at radius 3 is 1.06 bits per heavy atom. The number of hydrogen-bond donors (Lipinski definition) is 6. The van der Waals surface area contributed by atoms with E-state index in [0.29, 0.717) is 32.1 Å². The molecule has 6 N–H and O–H groups in total. The summed E-state index contributed by atoms with van der Waals surface area (Å²) in [6.07, 6.45) is 3.88. The summed E-state index contributed by atoms with van der Waals surface area (Å²) in [5, 5.41) is 15.4. The molecule has 4 heterocycles. The van der Waals surface area contributed by atoms with Crippen molar-refractivity contribution < 1.29 is 38.4 Å². The topological polar surface area (TPSA) is 215 Å². The molecular formula is C62H86N8O8. The van der Waals surface area contributed by atoms with Crippen LogP contribution in [0, 0.1) is 16.2 Å². The first-order valence-electron chi connectivity index (χ1n) is 26.8. The van der Waals surface area contributed by atoms with E-state index in [4.69, 9.17) is 0 Å². The lowest BCUT2D eigenvalue weighted by molar-refractivity contribution is -0.136. The van der Waals surface area contributed by atoms with E-state index in [1.54, 1.807) is 51.6 Å². The van der Waals surface area contributed by atoms with Gasteiger partial charge in [0.25, 0.3) is 11.8 Å². The van der Waals surface area contributed by atoms with Gasteiger partial charge in [0.2, 0.25) is 23.6 Å². The maximum Gasteiger partial charge on any atom is 0.322 e. The van der Waals surface area contributed by atoms with Gasteiger partial charge in [-0.2, -0.15) is 0 Å². The van der Waals surface area contributed by atoms with Gasteiger partial charge in [-0.25, -0.2) is 9.59 Å². The molecule has 0 saturated carbocycles. The summed E-state index contributed by atoms with van der Waals surface area (Å²) in [6.45, 7) is 27.2. The monoisotopic (exact) mass is 1070 g/mol. The second kappa shape index (κ2) is 24.1. The molecule has 0 unspecified atom stereocenters.